The second kappa shape index (κ2) is 6.23. The molecule has 4 heteroatoms. The second-order valence-corrected chi connectivity index (χ2v) is 4.38. The van der Waals surface area contributed by atoms with Crippen molar-refractivity contribution in [1.29, 1.82) is 0 Å². The van der Waals surface area contributed by atoms with Crippen molar-refractivity contribution in [2.24, 2.45) is 0 Å². The first-order valence-corrected chi connectivity index (χ1v) is 6.07. The van der Waals surface area contributed by atoms with Crippen LogP contribution in [0.5, 0.6) is 5.75 Å². The van der Waals surface area contributed by atoms with E-state index in [4.69, 9.17) is 0 Å². The molecule has 0 unspecified atom stereocenters. The fourth-order valence-electron chi connectivity index (χ4n) is 1.21. The van der Waals surface area contributed by atoms with Gasteiger partial charge in [-0.05, 0) is 30.7 Å². The van der Waals surface area contributed by atoms with Crippen molar-refractivity contribution >= 4 is 23.4 Å². The number of phenolic OH excluding ortho intramolecular Hbond substituents is 1. The number of aromatic hydroxyl groups is 1. The monoisotopic (exact) mass is 237 g/mol. The fourth-order valence-corrected chi connectivity index (χ4v) is 1.75. The zero-order chi connectivity index (χ0) is 12.0. The van der Waals surface area contributed by atoms with Gasteiger partial charge in [0.1, 0.15) is 5.75 Å². The minimum Gasteiger partial charge on any atom is -0.508 e. The van der Waals surface area contributed by atoms with E-state index < -0.39 is 0 Å². The van der Waals surface area contributed by atoms with E-state index >= 15 is 0 Å². The summed E-state index contributed by atoms with van der Waals surface area (Å²) in [6.45, 7) is 5.42. The fraction of sp³-hybridized carbons (Fsp3) is 0.250. The molecule has 0 bridgehead atoms. The normalized spacial score (nSPS) is 9.81. The zero-order valence-corrected chi connectivity index (χ0v) is 10.0. The van der Waals surface area contributed by atoms with Crippen molar-refractivity contribution in [2.45, 2.75) is 6.92 Å². The lowest BCUT2D eigenvalue weighted by molar-refractivity contribution is -0.113. The maximum Gasteiger partial charge on any atom is 0.234 e. The number of carbonyl (C=O) groups is 1. The van der Waals surface area contributed by atoms with Crippen LogP contribution in [0.15, 0.2) is 30.9 Å². The largest absolute Gasteiger partial charge is 0.508 e. The number of aryl methyl sites for hydroxylation is 1. The summed E-state index contributed by atoms with van der Waals surface area (Å²) >= 11 is 1.51. The van der Waals surface area contributed by atoms with Crippen LogP contribution in [0.2, 0.25) is 0 Å². The highest BCUT2D eigenvalue weighted by atomic mass is 32.2. The van der Waals surface area contributed by atoms with E-state index in [1.165, 1.54) is 11.8 Å². The number of phenols is 1. The van der Waals surface area contributed by atoms with Gasteiger partial charge in [0.15, 0.2) is 0 Å². The maximum absolute atomic E-state index is 11.5. The lowest BCUT2D eigenvalue weighted by atomic mass is 10.2. The first-order valence-electron chi connectivity index (χ1n) is 4.91. The van der Waals surface area contributed by atoms with Crippen LogP contribution >= 0.6 is 11.8 Å². The van der Waals surface area contributed by atoms with Gasteiger partial charge in [0.05, 0.1) is 5.75 Å². The van der Waals surface area contributed by atoms with Gasteiger partial charge in [0.2, 0.25) is 5.91 Å². The average Bonchev–Trinajstić information content (AvgIpc) is 2.23. The van der Waals surface area contributed by atoms with Gasteiger partial charge in [-0.25, -0.2) is 0 Å². The van der Waals surface area contributed by atoms with Gasteiger partial charge < -0.3 is 10.4 Å². The molecule has 2 N–H and O–H groups in total. The van der Waals surface area contributed by atoms with Crippen LogP contribution in [0, 0.1) is 6.92 Å². The number of nitrogens with one attached hydrogen (secondary N) is 1. The number of rotatable bonds is 5. The predicted molar refractivity (Wildman–Crippen MR) is 69.0 cm³/mol. The number of thioether (sulfide) groups is 1. The smallest absolute Gasteiger partial charge is 0.234 e. The van der Waals surface area contributed by atoms with Crippen LogP contribution < -0.4 is 5.32 Å². The summed E-state index contributed by atoms with van der Waals surface area (Å²) in [4.78, 5) is 11.5. The molecule has 0 aliphatic carbocycles. The minimum atomic E-state index is -0.0411. The first kappa shape index (κ1) is 12.6. The predicted octanol–water partition coefficient (Wildman–Crippen LogP) is 2.56. The molecule has 0 aliphatic rings. The molecule has 3 nitrogen and oxygen atoms in total. The Kier molecular flexibility index (Phi) is 4.92. The summed E-state index contributed by atoms with van der Waals surface area (Å²) < 4.78 is 0. The Bertz CT molecular complexity index is 391. The lowest BCUT2D eigenvalue weighted by Crippen LogP contribution is -2.14. The van der Waals surface area contributed by atoms with Crippen molar-refractivity contribution in [2.75, 3.05) is 16.8 Å². The molecule has 0 radical (unpaired) electrons. The van der Waals surface area contributed by atoms with Gasteiger partial charge >= 0.3 is 0 Å². The molecule has 86 valence electrons. The van der Waals surface area contributed by atoms with Crippen molar-refractivity contribution in [3.63, 3.8) is 0 Å². The van der Waals surface area contributed by atoms with Gasteiger partial charge in [-0.1, -0.05) is 6.08 Å². The molecule has 0 fully saturated rings. The van der Waals surface area contributed by atoms with Crippen LogP contribution in [0.25, 0.3) is 0 Å². The van der Waals surface area contributed by atoms with E-state index in [0.29, 0.717) is 5.75 Å². The third kappa shape index (κ3) is 3.98. The Morgan fingerprint density at radius 3 is 3.00 bits per heavy atom. The van der Waals surface area contributed by atoms with Crippen molar-refractivity contribution in [3.05, 3.63) is 36.4 Å². The van der Waals surface area contributed by atoms with Crippen LogP contribution in [0.3, 0.4) is 0 Å². The molecular formula is C12H15NO2S. The van der Waals surface area contributed by atoms with E-state index in [0.717, 1.165) is 17.0 Å². The van der Waals surface area contributed by atoms with Crippen LogP contribution in [-0.4, -0.2) is 22.5 Å². The van der Waals surface area contributed by atoms with Crippen molar-refractivity contribution in [1.82, 2.24) is 0 Å². The Morgan fingerprint density at radius 1 is 1.62 bits per heavy atom. The maximum atomic E-state index is 11.5. The molecule has 0 saturated carbocycles. The van der Waals surface area contributed by atoms with Crippen LogP contribution in [0.4, 0.5) is 5.69 Å². The topological polar surface area (TPSA) is 49.3 Å². The van der Waals surface area contributed by atoms with Crippen LogP contribution in [0.1, 0.15) is 5.56 Å². The molecule has 0 atom stereocenters. The molecular weight excluding hydrogens is 222 g/mol. The van der Waals surface area contributed by atoms with E-state index in [-0.39, 0.29) is 11.7 Å². The molecule has 1 aromatic rings. The number of hydrogen-bond donors (Lipinski definition) is 2. The molecule has 0 heterocycles. The summed E-state index contributed by atoms with van der Waals surface area (Å²) in [6, 6.07) is 4.87. The van der Waals surface area contributed by atoms with Crippen LogP contribution in [-0.2, 0) is 4.79 Å². The van der Waals surface area contributed by atoms with Gasteiger partial charge in [0, 0.05) is 11.4 Å². The first-order chi connectivity index (χ1) is 7.63. The third-order valence-corrected chi connectivity index (χ3v) is 2.89. The number of carbonyl (C=O) groups excluding carboxylic acids is 1. The van der Waals surface area contributed by atoms with Crippen molar-refractivity contribution in [3.8, 4) is 5.75 Å². The number of amides is 1. The molecule has 0 saturated heterocycles. The molecule has 1 amide bonds. The van der Waals surface area contributed by atoms with Gasteiger partial charge in [-0.15, -0.1) is 18.3 Å². The standard InChI is InChI=1S/C12H15NO2S/c1-3-6-16-8-12(15)13-11-5-4-10(14)7-9(11)2/h3-5,7,14H,1,6,8H2,2H3,(H,13,15). The molecule has 1 aromatic carbocycles. The van der Waals surface area contributed by atoms with E-state index in [1.807, 2.05) is 6.92 Å². The number of hydrogen-bond acceptors (Lipinski definition) is 3. The summed E-state index contributed by atoms with van der Waals surface area (Å²) in [6.07, 6.45) is 1.77. The Hall–Kier alpha value is -1.42. The highest BCUT2D eigenvalue weighted by molar-refractivity contribution is 8.00. The Labute approximate surface area is 99.6 Å². The Balaban J connectivity index is 2.52. The lowest BCUT2D eigenvalue weighted by Gasteiger charge is -2.08. The summed E-state index contributed by atoms with van der Waals surface area (Å²) in [5.41, 5.74) is 1.59. The van der Waals surface area contributed by atoms with Gasteiger partial charge in [0.25, 0.3) is 0 Å². The van der Waals surface area contributed by atoms with E-state index in [9.17, 15) is 9.90 Å². The molecule has 0 aromatic heterocycles. The summed E-state index contributed by atoms with van der Waals surface area (Å²) in [7, 11) is 0. The Morgan fingerprint density at radius 2 is 2.38 bits per heavy atom. The third-order valence-electron chi connectivity index (χ3n) is 1.95. The van der Waals surface area contributed by atoms with Gasteiger partial charge in [-0.3, -0.25) is 4.79 Å². The average molecular weight is 237 g/mol. The SMILES string of the molecule is C=CCSCC(=O)Nc1ccc(O)cc1C. The molecule has 0 aliphatic heterocycles. The summed E-state index contributed by atoms with van der Waals surface area (Å²) in [5.74, 6) is 1.34. The minimum absolute atomic E-state index is 0.0411. The van der Waals surface area contributed by atoms with Gasteiger partial charge in [-0.2, -0.15) is 0 Å². The molecule has 1 rings (SSSR count). The highest BCUT2D eigenvalue weighted by Crippen LogP contribution is 2.20. The molecule has 16 heavy (non-hydrogen) atoms. The van der Waals surface area contributed by atoms with E-state index in [1.54, 1.807) is 24.3 Å². The zero-order valence-electron chi connectivity index (χ0n) is 9.19. The number of benzene rings is 1. The highest BCUT2D eigenvalue weighted by Gasteiger charge is 2.04. The quantitative estimate of drug-likeness (QED) is 0.470. The molecule has 0 spiro atoms. The van der Waals surface area contributed by atoms with Crippen molar-refractivity contribution < 1.29 is 9.90 Å². The second-order valence-electron chi connectivity index (χ2n) is 3.35. The van der Waals surface area contributed by atoms with E-state index in [2.05, 4.69) is 11.9 Å². The summed E-state index contributed by atoms with van der Waals surface area (Å²) in [5, 5.41) is 12.0. The number of anilines is 1.